The molecular formula is C10H18N2O8. The Morgan fingerprint density at radius 1 is 1.15 bits per heavy atom. The van der Waals surface area contributed by atoms with Crippen LogP contribution < -0.4 is 11.1 Å². The first-order valence-electron chi connectivity index (χ1n) is 5.57. The van der Waals surface area contributed by atoms with Crippen LogP contribution in [0.5, 0.6) is 0 Å². The van der Waals surface area contributed by atoms with E-state index in [0.717, 1.165) is 0 Å². The largest absolute Gasteiger partial charge is 0.508 e. The molecule has 116 valence electrons. The predicted octanol–water partition coefficient (Wildman–Crippen LogP) is -3.27. The molecule has 0 aliphatic carbocycles. The average molecular weight is 294 g/mol. The second-order valence-corrected chi connectivity index (χ2v) is 3.90. The van der Waals surface area contributed by atoms with Gasteiger partial charge in [-0.2, -0.15) is 0 Å². The van der Waals surface area contributed by atoms with Crippen molar-refractivity contribution in [2.24, 2.45) is 5.73 Å². The minimum atomic E-state index is -2.31. The first kappa shape index (κ1) is 18.3. The fourth-order valence-corrected chi connectivity index (χ4v) is 1.19. The maximum absolute atomic E-state index is 11.4. The summed E-state index contributed by atoms with van der Waals surface area (Å²) in [6.45, 7) is -0.488. The van der Waals surface area contributed by atoms with Crippen molar-refractivity contribution in [3.8, 4) is 0 Å². The summed E-state index contributed by atoms with van der Waals surface area (Å²) in [5.41, 5.74) is 4.29. The van der Waals surface area contributed by atoms with Gasteiger partial charge in [-0.15, -0.1) is 0 Å². The molecule has 0 spiro atoms. The Labute approximate surface area is 113 Å². The Kier molecular flexibility index (Phi) is 7.72. The van der Waals surface area contributed by atoms with Gasteiger partial charge in [0.1, 0.15) is 23.6 Å². The van der Waals surface area contributed by atoms with E-state index in [9.17, 15) is 19.8 Å². The zero-order valence-corrected chi connectivity index (χ0v) is 10.4. The summed E-state index contributed by atoms with van der Waals surface area (Å²) >= 11 is 0. The number of rotatable bonds is 8. The van der Waals surface area contributed by atoms with Crippen LogP contribution in [0.1, 0.15) is 12.8 Å². The molecule has 2 atom stereocenters. The van der Waals surface area contributed by atoms with Crippen molar-refractivity contribution in [3.63, 3.8) is 0 Å². The number of nitrogens with two attached hydrogens (primary N) is 1. The lowest BCUT2D eigenvalue weighted by Gasteiger charge is -2.17. The van der Waals surface area contributed by atoms with Crippen molar-refractivity contribution in [3.05, 3.63) is 11.5 Å². The average Bonchev–Trinajstić information content (AvgIpc) is 2.34. The fourth-order valence-electron chi connectivity index (χ4n) is 1.19. The second kappa shape index (κ2) is 8.45. The predicted molar refractivity (Wildman–Crippen MR) is 64.0 cm³/mol. The van der Waals surface area contributed by atoms with E-state index in [0.29, 0.717) is 0 Å². The van der Waals surface area contributed by atoms with Crippen LogP contribution in [0.25, 0.3) is 0 Å². The summed E-state index contributed by atoms with van der Waals surface area (Å²) in [6.07, 6.45) is -4.90. The van der Waals surface area contributed by atoms with Crippen LogP contribution in [0.3, 0.4) is 0 Å². The molecule has 0 bridgehead atoms. The molecule has 10 heteroatoms. The van der Waals surface area contributed by atoms with Gasteiger partial charge in [0.05, 0.1) is 6.42 Å². The van der Waals surface area contributed by atoms with E-state index in [1.165, 1.54) is 0 Å². The summed E-state index contributed by atoms with van der Waals surface area (Å²) in [4.78, 5) is 21.9. The summed E-state index contributed by atoms with van der Waals surface area (Å²) < 4.78 is 0. The number of aliphatic hydroxyl groups is 5. The maximum atomic E-state index is 11.4. The highest BCUT2D eigenvalue weighted by molar-refractivity contribution is 5.85. The summed E-state index contributed by atoms with van der Waals surface area (Å²) in [5.74, 6) is -3.38. The summed E-state index contributed by atoms with van der Waals surface area (Å²) in [7, 11) is 0. The number of carbonyl (C=O) groups excluding carboxylic acids is 1. The minimum Gasteiger partial charge on any atom is -0.508 e. The maximum Gasteiger partial charge on any atom is 0.321 e. The fraction of sp³-hybridized carbons (Fsp3) is 0.600. The Hall–Kier alpha value is -1.72. The van der Waals surface area contributed by atoms with Crippen molar-refractivity contribution in [2.75, 3.05) is 6.61 Å². The number of hydrogen-bond acceptors (Lipinski definition) is 8. The van der Waals surface area contributed by atoms with Crippen LogP contribution in [0.15, 0.2) is 11.5 Å². The van der Waals surface area contributed by atoms with E-state index >= 15 is 0 Å². The van der Waals surface area contributed by atoms with Crippen LogP contribution in [-0.4, -0.2) is 67.6 Å². The molecule has 20 heavy (non-hydrogen) atoms. The molecule has 0 radical (unpaired) electrons. The van der Waals surface area contributed by atoms with E-state index in [1.54, 1.807) is 0 Å². The molecule has 10 nitrogen and oxygen atoms in total. The highest BCUT2D eigenvalue weighted by Gasteiger charge is 2.23. The van der Waals surface area contributed by atoms with Crippen LogP contribution in [0.2, 0.25) is 0 Å². The number of aliphatic carboxylic acids is 1. The number of amides is 1. The Morgan fingerprint density at radius 3 is 2.10 bits per heavy atom. The van der Waals surface area contributed by atoms with E-state index < -0.39 is 54.8 Å². The van der Waals surface area contributed by atoms with Crippen molar-refractivity contribution in [1.82, 2.24) is 5.32 Å². The van der Waals surface area contributed by atoms with Crippen LogP contribution in [-0.2, 0) is 9.59 Å². The minimum absolute atomic E-state index is 0.299. The summed E-state index contributed by atoms with van der Waals surface area (Å²) in [5, 5.41) is 55.8. The quantitative estimate of drug-likeness (QED) is 0.167. The highest BCUT2D eigenvalue weighted by atomic mass is 16.5. The van der Waals surface area contributed by atoms with Gasteiger partial charge in [-0.25, -0.2) is 0 Å². The van der Waals surface area contributed by atoms with Gasteiger partial charge in [0.15, 0.2) is 6.29 Å². The molecule has 0 aromatic rings. The lowest BCUT2D eigenvalue weighted by Crippen LogP contribution is -2.39. The van der Waals surface area contributed by atoms with Crippen molar-refractivity contribution in [2.45, 2.75) is 31.3 Å². The van der Waals surface area contributed by atoms with Crippen LogP contribution in [0.4, 0.5) is 0 Å². The van der Waals surface area contributed by atoms with Gasteiger partial charge < -0.3 is 41.7 Å². The van der Waals surface area contributed by atoms with Crippen molar-refractivity contribution >= 4 is 11.9 Å². The molecule has 0 aliphatic rings. The molecule has 1 amide bonds. The summed E-state index contributed by atoms with van der Waals surface area (Å²) in [6, 6.07) is -1.50. The second-order valence-electron chi connectivity index (χ2n) is 3.90. The third-order valence-corrected chi connectivity index (χ3v) is 2.25. The molecule has 0 heterocycles. The molecule has 0 aromatic heterocycles. The number of nitrogens with one attached hydrogen (secondary N) is 1. The number of carboxylic acid groups (broad SMARTS) is 1. The van der Waals surface area contributed by atoms with Crippen molar-refractivity contribution < 1.29 is 40.2 Å². The Morgan fingerprint density at radius 2 is 1.70 bits per heavy atom. The first-order valence-corrected chi connectivity index (χ1v) is 5.57. The molecule has 0 aliphatic heterocycles. The standard InChI is InChI=1S/C10H18N2O8/c11-4(9(17)18)3-6(15)12-7(10(19)20)8(16)5(14)1-2-13/h4-5,10,13-14,16,19-20H,1-3,11H2,(H,12,15)(H,17,18)/b8-7-. The molecule has 0 saturated carbocycles. The van der Waals surface area contributed by atoms with Gasteiger partial charge in [-0.3, -0.25) is 9.59 Å². The van der Waals surface area contributed by atoms with Gasteiger partial charge >= 0.3 is 5.97 Å². The molecule has 2 unspecified atom stereocenters. The third-order valence-electron chi connectivity index (χ3n) is 2.25. The van der Waals surface area contributed by atoms with Gasteiger partial charge in [0.25, 0.3) is 0 Å². The van der Waals surface area contributed by atoms with E-state index in [1.807, 2.05) is 5.32 Å². The van der Waals surface area contributed by atoms with Gasteiger partial charge in [0.2, 0.25) is 5.91 Å². The number of carbonyl (C=O) groups is 2. The Bertz CT molecular complexity index is 381. The van der Waals surface area contributed by atoms with Crippen molar-refractivity contribution in [1.29, 1.82) is 0 Å². The topological polar surface area (TPSA) is 194 Å². The smallest absolute Gasteiger partial charge is 0.321 e. The van der Waals surface area contributed by atoms with Crippen LogP contribution >= 0.6 is 0 Å². The van der Waals surface area contributed by atoms with Gasteiger partial charge in [-0.05, 0) is 0 Å². The normalized spacial score (nSPS) is 15.5. The lowest BCUT2D eigenvalue weighted by atomic mass is 10.1. The third kappa shape index (κ3) is 5.95. The Balaban J connectivity index is 4.91. The molecule has 0 saturated heterocycles. The lowest BCUT2D eigenvalue weighted by molar-refractivity contribution is -0.140. The van der Waals surface area contributed by atoms with Gasteiger partial charge in [0, 0.05) is 13.0 Å². The molecule has 0 fully saturated rings. The number of hydrogen-bond donors (Lipinski definition) is 8. The van der Waals surface area contributed by atoms with E-state index in [-0.39, 0.29) is 6.42 Å². The SMILES string of the molecule is NC(CC(=O)N/C(=C(\O)C(O)CCO)C(O)O)C(=O)O. The molecular weight excluding hydrogens is 276 g/mol. The van der Waals surface area contributed by atoms with E-state index in [4.69, 9.17) is 26.2 Å². The van der Waals surface area contributed by atoms with Crippen LogP contribution in [0, 0.1) is 0 Å². The molecule has 0 aromatic carbocycles. The van der Waals surface area contributed by atoms with E-state index in [2.05, 4.69) is 0 Å². The zero-order chi connectivity index (χ0) is 15.9. The zero-order valence-electron chi connectivity index (χ0n) is 10.4. The number of carboxylic acids is 1. The molecule has 0 rings (SSSR count). The van der Waals surface area contributed by atoms with Gasteiger partial charge in [-0.1, -0.05) is 0 Å². The molecule has 9 N–H and O–H groups in total. The first-order chi connectivity index (χ1) is 9.20. The number of aliphatic hydroxyl groups excluding tert-OH is 4. The highest BCUT2D eigenvalue weighted by Crippen LogP contribution is 2.10. The monoisotopic (exact) mass is 294 g/mol.